The average molecular weight is 517 g/mol. The van der Waals surface area contributed by atoms with Crippen LogP contribution in [0.15, 0.2) is 90.0 Å². The van der Waals surface area contributed by atoms with Crippen LogP contribution < -0.4 is 0 Å². The van der Waals surface area contributed by atoms with Gasteiger partial charge in [0.2, 0.25) is 0 Å². The molecule has 1 aromatic heterocycles. The van der Waals surface area contributed by atoms with E-state index < -0.39 is 21.5 Å². The van der Waals surface area contributed by atoms with E-state index in [1.165, 1.54) is 4.90 Å². The molecule has 2 heterocycles. The quantitative estimate of drug-likeness (QED) is 0.316. The number of carbonyl (C=O) groups excluding carboxylic acids is 1. The third kappa shape index (κ3) is 4.76. The molecule has 190 valence electrons. The van der Waals surface area contributed by atoms with Crippen molar-refractivity contribution in [1.82, 2.24) is 9.88 Å². The second-order valence-corrected chi connectivity index (χ2v) is 11.6. The van der Waals surface area contributed by atoms with Gasteiger partial charge in [-0.15, -0.1) is 0 Å². The molecule has 0 saturated carbocycles. The Hall–Kier alpha value is -3.91. The lowest BCUT2D eigenvalue weighted by atomic mass is 9.81. The lowest BCUT2D eigenvalue weighted by Crippen LogP contribution is -2.54. The highest BCUT2D eigenvalue weighted by atomic mass is 32.2. The number of H-pyrrole nitrogens is 1. The number of Topliss-reactive ketones (excluding diaryl/α,β-unsaturated/α-hetero) is 1. The molecule has 1 saturated heterocycles. The molecule has 37 heavy (non-hydrogen) atoms. The predicted molar refractivity (Wildman–Crippen MR) is 142 cm³/mol. The summed E-state index contributed by atoms with van der Waals surface area (Å²) in [5.41, 5.74) is 1.66. The lowest BCUT2D eigenvalue weighted by molar-refractivity contribution is 0.0642. The Labute approximate surface area is 215 Å². The molecule has 0 radical (unpaired) electrons. The van der Waals surface area contributed by atoms with E-state index in [4.69, 9.17) is 0 Å². The molecule has 1 amide bonds. The Morgan fingerprint density at radius 3 is 2.35 bits per heavy atom. The van der Waals surface area contributed by atoms with Gasteiger partial charge in [0.05, 0.1) is 10.6 Å². The number of ketones is 1. The number of sulfone groups is 1. The van der Waals surface area contributed by atoms with Crippen LogP contribution in [0.1, 0.15) is 34.3 Å². The van der Waals surface area contributed by atoms with Gasteiger partial charge in [0, 0.05) is 35.6 Å². The van der Waals surface area contributed by atoms with Crippen molar-refractivity contribution >= 4 is 32.6 Å². The Bertz CT molecular complexity index is 1550. The molecule has 1 aliphatic rings. The second kappa shape index (κ2) is 9.86. The van der Waals surface area contributed by atoms with Gasteiger partial charge in [0.25, 0.3) is 0 Å². The third-order valence-electron chi connectivity index (χ3n) is 7.23. The number of aromatic amines is 1. The first-order valence-corrected chi connectivity index (χ1v) is 13.9. The van der Waals surface area contributed by atoms with Crippen LogP contribution in [0.3, 0.4) is 0 Å². The van der Waals surface area contributed by atoms with Crippen LogP contribution in [0.5, 0.6) is 0 Å². The number of nitrogens with one attached hydrogen (secondary N) is 1. The van der Waals surface area contributed by atoms with Crippen molar-refractivity contribution in [2.75, 3.05) is 12.3 Å². The number of rotatable bonds is 8. The van der Waals surface area contributed by atoms with Crippen molar-refractivity contribution in [3.05, 3.63) is 102 Å². The van der Waals surface area contributed by atoms with Crippen LogP contribution in [0, 0.1) is 0 Å². The molecule has 0 unspecified atom stereocenters. The first kappa shape index (κ1) is 24.8. The summed E-state index contributed by atoms with van der Waals surface area (Å²) in [6.07, 6.45) is 2.17. The van der Waals surface area contributed by atoms with Crippen LogP contribution >= 0.6 is 0 Å². The molecule has 5 rings (SSSR count). The van der Waals surface area contributed by atoms with Crippen LogP contribution in [-0.2, 0) is 22.7 Å². The zero-order chi connectivity index (χ0) is 26.0. The molecule has 1 aliphatic heterocycles. The number of likely N-dealkylation sites (tertiary alicyclic amines) is 1. The predicted octanol–water partition coefficient (Wildman–Crippen LogP) is 5.12. The minimum Gasteiger partial charge on any atom is -0.465 e. The fraction of sp³-hybridized carbons (Fsp3) is 0.241. The normalized spacial score (nSPS) is 17.8. The molecular weight excluding hydrogens is 488 g/mol. The number of hydrogen-bond acceptors (Lipinski definition) is 4. The molecule has 2 N–H and O–H groups in total. The Morgan fingerprint density at radius 1 is 0.946 bits per heavy atom. The Balaban J connectivity index is 1.48. The van der Waals surface area contributed by atoms with E-state index in [1.807, 2.05) is 48.5 Å². The third-order valence-corrected chi connectivity index (χ3v) is 8.97. The van der Waals surface area contributed by atoms with Crippen LogP contribution in [0.4, 0.5) is 4.79 Å². The second-order valence-electron chi connectivity index (χ2n) is 9.53. The number of amides is 1. The van der Waals surface area contributed by atoms with E-state index in [0.717, 1.165) is 16.6 Å². The minimum atomic E-state index is -3.45. The van der Waals surface area contributed by atoms with Gasteiger partial charge in [-0.25, -0.2) is 13.2 Å². The van der Waals surface area contributed by atoms with Crippen molar-refractivity contribution in [1.29, 1.82) is 0 Å². The summed E-state index contributed by atoms with van der Waals surface area (Å²) in [4.78, 5) is 31.1. The van der Waals surface area contributed by atoms with Crippen LogP contribution in [-0.4, -0.2) is 53.1 Å². The summed E-state index contributed by atoms with van der Waals surface area (Å²) < 4.78 is 25.5. The van der Waals surface area contributed by atoms with E-state index >= 15 is 0 Å². The average Bonchev–Trinajstić information content (AvgIpc) is 3.53. The largest absolute Gasteiger partial charge is 0.465 e. The van der Waals surface area contributed by atoms with Gasteiger partial charge in [0.15, 0.2) is 15.6 Å². The molecule has 0 spiro atoms. The zero-order valence-electron chi connectivity index (χ0n) is 20.3. The molecule has 3 aromatic carbocycles. The monoisotopic (exact) mass is 516 g/mol. The fourth-order valence-corrected chi connectivity index (χ4v) is 6.66. The van der Waals surface area contributed by atoms with Gasteiger partial charge in [0.1, 0.15) is 5.54 Å². The number of benzene rings is 3. The molecule has 1 fully saturated rings. The van der Waals surface area contributed by atoms with E-state index in [0.29, 0.717) is 43.2 Å². The number of hydrogen-bond donors (Lipinski definition) is 2. The molecule has 8 heteroatoms. The summed E-state index contributed by atoms with van der Waals surface area (Å²) >= 11 is 0. The molecule has 4 aromatic rings. The van der Waals surface area contributed by atoms with Gasteiger partial charge in [-0.05, 0) is 54.7 Å². The molecule has 7 nitrogen and oxygen atoms in total. The first-order valence-electron chi connectivity index (χ1n) is 12.3. The van der Waals surface area contributed by atoms with E-state index in [9.17, 15) is 23.1 Å². The summed E-state index contributed by atoms with van der Waals surface area (Å²) in [6.45, 7) is 0.304. The maximum Gasteiger partial charge on any atom is 0.408 e. The SMILES string of the molecule is O=C(O)N1CCC[C@@]1(Cc1ccccc1)C(=O)c1c[nH]c2ccc(CCS(=O)(=O)c3ccccc3)cc12. The number of nitrogens with zero attached hydrogens (tertiary/aromatic N) is 1. The van der Waals surface area contributed by atoms with E-state index in [1.54, 1.807) is 36.5 Å². The molecule has 0 aliphatic carbocycles. The topological polar surface area (TPSA) is 108 Å². The van der Waals surface area contributed by atoms with Crippen molar-refractivity contribution in [2.45, 2.75) is 36.1 Å². The summed E-state index contributed by atoms with van der Waals surface area (Å²) in [5.74, 6) is -0.294. The fourth-order valence-electron chi connectivity index (χ4n) is 5.35. The highest BCUT2D eigenvalue weighted by Gasteiger charge is 2.50. The number of aryl methyl sites for hydroxylation is 1. The number of carbonyl (C=O) groups is 2. The summed E-state index contributed by atoms with van der Waals surface area (Å²) in [5, 5.41) is 10.7. The number of fused-ring (bicyclic) bond motifs is 1. The van der Waals surface area contributed by atoms with Crippen LogP contribution in [0.2, 0.25) is 0 Å². The van der Waals surface area contributed by atoms with Gasteiger partial charge < -0.3 is 10.1 Å². The molecular formula is C29H28N2O5S. The highest BCUT2D eigenvalue weighted by molar-refractivity contribution is 7.91. The minimum absolute atomic E-state index is 0.0546. The number of aromatic nitrogens is 1. The maximum atomic E-state index is 14.2. The maximum absolute atomic E-state index is 14.2. The van der Waals surface area contributed by atoms with Gasteiger partial charge in [-0.3, -0.25) is 9.69 Å². The molecule has 0 bridgehead atoms. The summed E-state index contributed by atoms with van der Waals surface area (Å²) in [6, 6.07) is 23.4. The van der Waals surface area contributed by atoms with E-state index in [-0.39, 0.29) is 16.4 Å². The van der Waals surface area contributed by atoms with Crippen molar-refractivity contribution in [3.8, 4) is 0 Å². The zero-order valence-corrected chi connectivity index (χ0v) is 21.1. The molecule has 1 atom stereocenters. The van der Waals surface area contributed by atoms with Crippen LogP contribution in [0.25, 0.3) is 10.9 Å². The Kier molecular flexibility index (Phi) is 6.60. The van der Waals surface area contributed by atoms with E-state index in [2.05, 4.69) is 4.98 Å². The van der Waals surface area contributed by atoms with Gasteiger partial charge in [-0.1, -0.05) is 54.6 Å². The number of carboxylic acid groups (broad SMARTS) is 1. The van der Waals surface area contributed by atoms with Crippen molar-refractivity contribution in [2.24, 2.45) is 0 Å². The van der Waals surface area contributed by atoms with Crippen molar-refractivity contribution in [3.63, 3.8) is 0 Å². The smallest absolute Gasteiger partial charge is 0.408 e. The standard InChI is InChI=1S/C29H28N2O5S/c32-27(29(15-7-16-31(29)28(33)34)19-22-8-3-1-4-9-22)25-20-30-26-13-12-21(18-24(25)26)14-17-37(35,36)23-10-5-2-6-11-23/h1-6,8-13,18,20,30H,7,14-17,19H2,(H,33,34)/t29-/m1/s1. The first-order chi connectivity index (χ1) is 17.8. The highest BCUT2D eigenvalue weighted by Crippen LogP contribution is 2.38. The lowest BCUT2D eigenvalue weighted by Gasteiger charge is -2.35. The van der Waals surface area contributed by atoms with Gasteiger partial charge in [-0.2, -0.15) is 0 Å². The Morgan fingerprint density at radius 2 is 1.65 bits per heavy atom. The van der Waals surface area contributed by atoms with Crippen molar-refractivity contribution < 1.29 is 23.1 Å². The van der Waals surface area contributed by atoms with Gasteiger partial charge >= 0.3 is 6.09 Å². The summed E-state index contributed by atoms with van der Waals surface area (Å²) in [7, 11) is -3.45.